The molecule has 0 aromatic heterocycles. The fourth-order valence-corrected chi connectivity index (χ4v) is 1.48. The number of amides is 1. The summed E-state index contributed by atoms with van der Waals surface area (Å²) in [6.45, 7) is 9.21. The lowest BCUT2D eigenvalue weighted by molar-refractivity contribution is 0.0520. The monoisotopic (exact) mass is 263 g/mol. The van der Waals surface area contributed by atoms with E-state index in [1.165, 1.54) is 0 Å². The fourth-order valence-electron chi connectivity index (χ4n) is 1.48. The van der Waals surface area contributed by atoms with E-state index in [1.54, 1.807) is 26.8 Å². The van der Waals surface area contributed by atoms with Crippen molar-refractivity contribution in [1.82, 2.24) is 5.32 Å². The minimum Gasteiger partial charge on any atom is -0.444 e. The third-order valence-corrected chi connectivity index (χ3v) is 2.62. The van der Waals surface area contributed by atoms with Gasteiger partial charge in [0.15, 0.2) is 5.78 Å². The molecule has 0 radical (unpaired) electrons. The Hall–Kier alpha value is -1.84. The van der Waals surface area contributed by atoms with Crippen LogP contribution in [-0.2, 0) is 4.74 Å². The van der Waals surface area contributed by atoms with Gasteiger partial charge in [-0.2, -0.15) is 0 Å². The molecule has 4 nitrogen and oxygen atoms in total. The van der Waals surface area contributed by atoms with Gasteiger partial charge in [0.1, 0.15) is 5.60 Å². The molecule has 1 N–H and O–H groups in total. The van der Waals surface area contributed by atoms with Crippen molar-refractivity contribution in [1.29, 1.82) is 0 Å². The Bertz CT molecular complexity index is 487. The molecule has 0 spiro atoms. The summed E-state index contributed by atoms with van der Waals surface area (Å²) in [6.07, 6.45) is -0.579. The van der Waals surface area contributed by atoms with Crippen LogP contribution >= 0.6 is 0 Å². The molecule has 0 heterocycles. The van der Waals surface area contributed by atoms with Gasteiger partial charge in [0, 0.05) is 5.56 Å². The molecule has 0 aliphatic carbocycles. The summed E-state index contributed by atoms with van der Waals surface area (Å²) in [7, 11) is 0. The number of alkyl carbamates (subject to hydrolysis) is 1. The van der Waals surface area contributed by atoms with Crippen LogP contribution in [0.4, 0.5) is 4.79 Å². The van der Waals surface area contributed by atoms with Crippen molar-refractivity contribution in [3.8, 4) is 0 Å². The zero-order chi connectivity index (χ0) is 14.6. The molecule has 1 amide bonds. The van der Waals surface area contributed by atoms with Gasteiger partial charge in [-0.05, 0) is 51.8 Å². The second-order valence-corrected chi connectivity index (χ2v) is 5.58. The van der Waals surface area contributed by atoms with Gasteiger partial charge >= 0.3 is 6.09 Å². The maximum absolute atomic E-state index is 11.9. The van der Waals surface area contributed by atoms with E-state index in [-0.39, 0.29) is 12.3 Å². The number of hydrogen-bond acceptors (Lipinski definition) is 3. The van der Waals surface area contributed by atoms with Crippen LogP contribution in [0.25, 0.3) is 0 Å². The largest absolute Gasteiger partial charge is 0.444 e. The topological polar surface area (TPSA) is 55.4 Å². The van der Waals surface area contributed by atoms with Crippen LogP contribution in [0.2, 0.25) is 0 Å². The smallest absolute Gasteiger partial charge is 0.408 e. The first-order valence-corrected chi connectivity index (χ1v) is 6.26. The number of rotatable bonds is 3. The van der Waals surface area contributed by atoms with E-state index in [0.29, 0.717) is 5.56 Å². The van der Waals surface area contributed by atoms with Crippen molar-refractivity contribution < 1.29 is 14.3 Å². The van der Waals surface area contributed by atoms with Crippen molar-refractivity contribution in [3.05, 3.63) is 34.9 Å². The number of aryl methyl sites for hydroxylation is 2. The van der Waals surface area contributed by atoms with Crippen LogP contribution in [0.5, 0.6) is 0 Å². The van der Waals surface area contributed by atoms with Crippen molar-refractivity contribution >= 4 is 11.9 Å². The maximum Gasteiger partial charge on any atom is 0.408 e. The van der Waals surface area contributed by atoms with Gasteiger partial charge in [-0.15, -0.1) is 0 Å². The van der Waals surface area contributed by atoms with Crippen molar-refractivity contribution in [2.75, 3.05) is 6.54 Å². The van der Waals surface area contributed by atoms with Crippen LogP contribution in [-0.4, -0.2) is 24.0 Å². The molecule has 0 bridgehead atoms. The highest BCUT2D eigenvalue weighted by Gasteiger charge is 2.17. The van der Waals surface area contributed by atoms with E-state index in [9.17, 15) is 9.59 Å². The number of benzene rings is 1. The summed E-state index contributed by atoms with van der Waals surface area (Å²) in [5.74, 6) is -0.131. The van der Waals surface area contributed by atoms with E-state index in [4.69, 9.17) is 4.74 Å². The zero-order valence-corrected chi connectivity index (χ0v) is 12.2. The summed E-state index contributed by atoms with van der Waals surface area (Å²) in [5.41, 5.74) is 2.23. The van der Waals surface area contributed by atoms with Gasteiger partial charge in [0.25, 0.3) is 0 Å². The highest BCUT2D eigenvalue weighted by molar-refractivity contribution is 5.99. The summed E-state index contributed by atoms with van der Waals surface area (Å²) >= 11 is 0. The average Bonchev–Trinajstić information content (AvgIpc) is 2.27. The van der Waals surface area contributed by atoms with Gasteiger partial charge < -0.3 is 10.1 Å². The maximum atomic E-state index is 11.9. The number of carbonyl (C=O) groups excluding carboxylic acids is 2. The molecular formula is C15H21NO3. The van der Waals surface area contributed by atoms with Gasteiger partial charge in [-0.3, -0.25) is 4.79 Å². The SMILES string of the molecule is Cc1ccc(C(=O)CNC(=O)OC(C)(C)C)cc1C. The van der Waals surface area contributed by atoms with Crippen LogP contribution in [0.3, 0.4) is 0 Å². The lowest BCUT2D eigenvalue weighted by atomic mass is 10.0. The first kappa shape index (κ1) is 15.2. The van der Waals surface area contributed by atoms with Crippen molar-refractivity contribution in [2.24, 2.45) is 0 Å². The van der Waals surface area contributed by atoms with E-state index < -0.39 is 11.7 Å². The highest BCUT2D eigenvalue weighted by atomic mass is 16.6. The molecule has 1 aromatic rings. The summed E-state index contributed by atoms with van der Waals surface area (Å²) in [6, 6.07) is 5.49. The molecule has 19 heavy (non-hydrogen) atoms. The Morgan fingerprint density at radius 1 is 1.16 bits per heavy atom. The molecule has 4 heteroatoms. The molecule has 0 atom stereocenters. The number of Topliss-reactive ketones (excluding diaryl/α,β-unsaturated/α-hetero) is 1. The Morgan fingerprint density at radius 2 is 1.79 bits per heavy atom. The quantitative estimate of drug-likeness (QED) is 0.853. The number of ketones is 1. The van der Waals surface area contributed by atoms with Crippen LogP contribution in [0.15, 0.2) is 18.2 Å². The Kier molecular flexibility index (Phi) is 4.70. The van der Waals surface area contributed by atoms with Gasteiger partial charge in [-0.25, -0.2) is 4.79 Å². The second kappa shape index (κ2) is 5.87. The molecule has 0 saturated heterocycles. The first-order valence-electron chi connectivity index (χ1n) is 6.26. The van der Waals surface area contributed by atoms with E-state index >= 15 is 0 Å². The van der Waals surface area contributed by atoms with Crippen LogP contribution in [0.1, 0.15) is 42.3 Å². The van der Waals surface area contributed by atoms with Crippen molar-refractivity contribution in [2.45, 2.75) is 40.2 Å². The number of nitrogens with one attached hydrogen (secondary N) is 1. The highest BCUT2D eigenvalue weighted by Crippen LogP contribution is 2.10. The molecule has 0 fully saturated rings. The summed E-state index contributed by atoms with van der Waals surface area (Å²) in [5, 5.41) is 2.46. The van der Waals surface area contributed by atoms with Crippen molar-refractivity contribution in [3.63, 3.8) is 0 Å². The lowest BCUT2D eigenvalue weighted by Crippen LogP contribution is -2.35. The summed E-state index contributed by atoms with van der Waals surface area (Å²) in [4.78, 5) is 23.3. The molecule has 1 rings (SSSR count). The average molecular weight is 263 g/mol. The third-order valence-electron chi connectivity index (χ3n) is 2.62. The number of ether oxygens (including phenoxy) is 1. The van der Waals surface area contributed by atoms with E-state index in [0.717, 1.165) is 11.1 Å². The van der Waals surface area contributed by atoms with Crippen LogP contribution in [0, 0.1) is 13.8 Å². The molecule has 104 valence electrons. The Labute approximate surface area is 114 Å². The molecular weight excluding hydrogens is 242 g/mol. The van der Waals surface area contributed by atoms with Gasteiger partial charge in [0.05, 0.1) is 6.54 Å². The molecule has 0 unspecified atom stereocenters. The van der Waals surface area contributed by atoms with Crippen LogP contribution < -0.4 is 5.32 Å². The van der Waals surface area contributed by atoms with Gasteiger partial charge in [-0.1, -0.05) is 12.1 Å². The first-order chi connectivity index (χ1) is 8.69. The number of hydrogen-bond donors (Lipinski definition) is 1. The Morgan fingerprint density at radius 3 is 2.32 bits per heavy atom. The molecule has 0 aliphatic rings. The summed E-state index contributed by atoms with van der Waals surface area (Å²) < 4.78 is 5.06. The third kappa shape index (κ3) is 5.12. The molecule has 1 aromatic carbocycles. The lowest BCUT2D eigenvalue weighted by Gasteiger charge is -2.19. The van der Waals surface area contributed by atoms with Gasteiger partial charge in [0.2, 0.25) is 0 Å². The molecule has 0 aliphatic heterocycles. The minimum absolute atomic E-state index is 0.0581. The predicted molar refractivity (Wildman–Crippen MR) is 74.5 cm³/mol. The standard InChI is InChI=1S/C15H21NO3/c1-10-6-7-12(8-11(10)2)13(17)9-16-14(18)19-15(3,4)5/h6-8H,9H2,1-5H3,(H,16,18). The minimum atomic E-state index is -0.579. The normalized spacial score (nSPS) is 11.0. The number of carbonyl (C=O) groups is 2. The predicted octanol–water partition coefficient (Wildman–Crippen LogP) is 3.01. The Balaban J connectivity index is 2.56. The second-order valence-electron chi connectivity index (χ2n) is 5.58. The fraction of sp³-hybridized carbons (Fsp3) is 0.467. The molecule has 0 saturated carbocycles. The zero-order valence-electron chi connectivity index (χ0n) is 12.2. The van der Waals surface area contributed by atoms with E-state index in [1.807, 2.05) is 26.0 Å². The van der Waals surface area contributed by atoms with E-state index in [2.05, 4.69) is 5.32 Å².